The van der Waals surface area contributed by atoms with Gasteiger partial charge in [-0.2, -0.15) is 0 Å². The van der Waals surface area contributed by atoms with Crippen LogP contribution in [0.5, 0.6) is 0 Å². The van der Waals surface area contributed by atoms with Crippen LogP contribution in [0.3, 0.4) is 0 Å². The third-order valence-electron chi connectivity index (χ3n) is 5.26. The van der Waals surface area contributed by atoms with Crippen molar-refractivity contribution in [2.75, 3.05) is 25.5 Å². The van der Waals surface area contributed by atoms with Crippen LogP contribution >= 0.6 is 11.6 Å². The van der Waals surface area contributed by atoms with Gasteiger partial charge in [-0.1, -0.05) is 12.1 Å². The Bertz CT molecular complexity index is 655. The molecule has 0 aliphatic carbocycles. The van der Waals surface area contributed by atoms with Gasteiger partial charge < -0.3 is 9.47 Å². The summed E-state index contributed by atoms with van der Waals surface area (Å²) in [6.45, 7) is 5.93. The summed E-state index contributed by atoms with van der Waals surface area (Å²) in [5.41, 5.74) is 3.79. The monoisotopic (exact) mass is 303 g/mol. The van der Waals surface area contributed by atoms with Crippen LogP contribution in [-0.4, -0.2) is 40.0 Å². The molecule has 3 fully saturated rings. The van der Waals surface area contributed by atoms with E-state index in [1.54, 1.807) is 0 Å². The molecule has 1 aromatic heterocycles. The normalized spacial score (nSPS) is 28.4. The van der Waals surface area contributed by atoms with E-state index in [1.165, 1.54) is 49.4 Å². The average molecular weight is 304 g/mol. The van der Waals surface area contributed by atoms with E-state index in [-0.39, 0.29) is 0 Å². The van der Waals surface area contributed by atoms with E-state index in [4.69, 9.17) is 16.6 Å². The number of aryl methyl sites for hydroxylation is 2. The predicted octanol–water partition coefficient (Wildman–Crippen LogP) is 3.39. The van der Waals surface area contributed by atoms with Crippen molar-refractivity contribution in [2.45, 2.75) is 32.2 Å². The molecule has 21 heavy (non-hydrogen) atoms. The number of hydrogen-bond acceptors (Lipinski definition) is 2. The molecule has 1 aromatic carbocycles. The lowest BCUT2D eigenvalue weighted by atomic mass is 9.83. The number of benzene rings is 1. The molecule has 1 atom stereocenters. The van der Waals surface area contributed by atoms with Crippen molar-refractivity contribution in [3.63, 3.8) is 0 Å². The fraction of sp³-hybridized carbons (Fsp3) is 0.588. The number of nitrogens with zero attached hydrogens (tertiary/aromatic N) is 3. The minimum atomic E-state index is 0.580. The van der Waals surface area contributed by atoms with E-state index in [0.717, 1.165) is 17.9 Å². The van der Waals surface area contributed by atoms with Crippen LogP contribution in [0.15, 0.2) is 18.2 Å². The van der Waals surface area contributed by atoms with Gasteiger partial charge in [0.25, 0.3) is 0 Å². The first kappa shape index (κ1) is 13.6. The van der Waals surface area contributed by atoms with Crippen molar-refractivity contribution < 1.29 is 0 Å². The number of hydrogen-bond donors (Lipinski definition) is 0. The van der Waals surface area contributed by atoms with E-state index >= 15 is 0 Å². The highest BCUT2D eigenvalue weighted by Gasteiger charge is 2.36. The second kappa shape index (κ2) is 5.29. The smallest absolute Gasteiger partial charge is 0.111 e. The number of piperidine rings is 3. The lowest BCUT2D eigenvalue weighted by Crippen LogP contribution is -2.48. The molecular weight excluding hydrogens is 282 g/mol. The lowest BCUT2D eigenvalue weighted by Gasteiger charge is -2.46. The first-order valence-corrected chi connectivity index (χ1v) is 8.56. The highest BCUT2D eigenvalue weighted by Crippen LogP contribution is 2.38. The number of alkyl halides is 1. The minimum Gasteiger partial charge on any atom is -0.323 e. The van der Waals surface area contributed by atoms with Crippen molar-refractivity contribution >= 4 is 22.6 Å². The number of rotatable bonds is 3. The van der Waals surface area contributed by atoms with Crippen LogP contribution in [0.4, 0.5) is 0 Å². The maximum Gasteiger partial charge on any atom is 0.111 e. The summed E-state index contributed by atoms with van der Waals surface area (Å²) in [4.78, 5) is 7.49. The Morgan fingerprint density at radius 3 is 2.76 bits per heavy atom. The number of fused-ring (bicyclic) bond motifs is 4. The maximum atomic E-state index is 6.03. The largest absolute Gasteiger partial charge is 0.323 e. The van der Waals surface area contributed by atoms with Gasteiger partial charge in [-0.15, -0.1) is 11.6 Å². The average Bonchev–Trinajstić information content (AvgIpc) is 2.88. The molecular formula is C17H22ClN3. The zero-order chi connectivity index (χ0) is 14.4. The Kier molecular flexibility index (Phi) is 3.43. The Labute approximate surface area is 130 Å². The Morgan fingerprint density at radius 2 is 2.10 bits per heavy atom. The van der Waals surface area contributed by atoms with Gasteiger partial charge in [-0.05, 0) is 50.4 Å². The molecule has 3 aliphatic rings. The van der Waals surface area contributed by atoms with Gasteiger partial charge >= 0.3 is 0 Å². The van der Waals surface area contributed by atoms with E-state index < -0.39 is 0 Å². The number of aromatic nitrogens is 2. The van der Waals surface area contributed by atoms with Gasteiger partial charge in [0, 0.05) is 18.8 Å². The topological polar surface area (TPSA) is 21.1 Å². The van der Waals surface area contributed by atoms with Crippen LogP contribution < -0.4 is 0 Å². The number of para-hydroxylation sites is 1. The van der Waals surface area contributed by atoms with Crippen LogP contribution in [0.2, 0.25) is 0 Å². The number of imidazole rings is 1. The van der Waals surface area contributed by atoms with Gasteiger partial charge in [0.2, 0.25) is 0 Å². The molecule has 0 N–H and O–H groups in total. The Balaban J connectivity index is 1.87. The SMILES string of the molecule is Cc1cccc2nc(CCCl)n(C3CN4CCC3CC4)c12. The fourth-order valence-electron chi connectivity index (χ4n) is 4.21. The predicted molar refractivity (Wildman–Crippen MR) is 87.1 cm³/mol. The molecule has 3 saturated heterocycles. The molecule has 3 aliphatic heterocycles. The van der Waals surface area contributed by atoms with E-state index in [9.17, 15) is 0 Å². The summed E-state index contributed by atoms with van der Waals surface area (Å²) in [5.74, 6) is 2.62. The minimum absolute atomic E-state index is 0.580. The maximum absolute atomic E-state index is 6.03. The summed E-state index contributed by atoms with van der Waals surface area (Å²) in [6, 6.07) is 7.03. The van der Waals surface area contributed by atoms with Gasteiger partial charge in [0.05, 0.1) is 17.1 Å². The molecule has 1 unspecified atom stereocenters. The zero-order valence-electron chi connectivity index (χ0n) is 12.6. The standard InChI is InChI=1S/C17H22ClN3/c1-12-3-2-4-14-17(12)21(16(19-14)5-8-18)15-11-20-9-6-13(15)7-10-20/h2-4,13,15H,5-11H2,1H3. The summed E-state index contributed by atoms with van der Waals surface area (Å²) >= 11 is 6.03. The molecule has 4 heterocycles. The summed E-state index contributed by atoms with van der Waals surface area (Å²) < 4.78 is 2.53. The third kappa shape index (κ3) is 2.18. The molecule has 2 aromatic rings. The van der Waals surface area contributed by atoms with Crippen molar-refractivity contribution in [1.29, 1.82) is 0 Å². The van der Waals surface area contributed by atoms with Gasteiger partial charge in [0.1, 0.15) is 5.82 Å². The molecule has 112 valence electrons. The van der Waals surface area contributed by atoms with Crippen LogP contribution in [0.25, 0.3) is 11.0 Å². The molecule has 0 amide bonds. The molecule has 0 spiro atoms. The Morgan fingerprint density at radius 1 is 1.29 bits per heavy atom. The van der Waals surface area contributed by atoms with E-state index in [0.29, 0.717) is 11.9 Å². The van der Waals surface area contributed by atoms with Crippen molar-refractivity contribution in [3.8, 4) is 0 Å². The second-order valence-corrected chi connectivity index (χ2v) is 6.86. The third-order valence-corrected chi connectivity index (χ3v) is 5.45. The molecule has 0 radical (unpaired) electrons. The van der Waals surface area contributed by atoms with Gasteiger partial charge in [-0.3, -0.25) is 0 Å². The van der Waals surface area contributed by atoms with E-state index in [1.807, 2.05) is 0 Å². The first-order valence-electron chi connectivity index (χ1n) is 8.02. The lowest BCUT2D eigenvalue weighted by molar-refractivity contribution is 0.0576. The van der Waals surface area contributed by atoms with Crippen LogP contribution in [0, 0.1) is 12.8 Å². The van der Waals surface area contributed by atoms with Crippen LogP contribution in [0.1, 0.15) is 30.3 Å². The molecule has 3 nitrogen and oxygen atoms in total. The second-order valence-electron chi connectivity index (χ2n) is 6.49. The van der Waals surface area contributed by atoms with Gasteiger partial charge in [-0.25, -0.2) is 4.98 Å². The van der Waals surface area contributed by atoms with Crippen LogP contribution in [-0.2, 0) is 6.42 Å². The molecule has 5 rings (SSSR count). The summed E-state index contributed by atoms with van der Waals surface area (Å²) in [6.07, 6.45) is 3.52. The highest BCUT2D eigenvalue weighted by atomic mass is 35.5. The van der Waals surface area contributed by atoms with Gasteiger partial charge in [0.15, 0.2) is 0 Å². The van der Waals surface area contributed by atoms with Crippen molar-refractivity contribution in [2.24, 2.45) is 5.92 Å². The zero-order valence-corrected chi connectivity index (χ0v) is 13.3. The fourth-order valence-corrected chi connectivity index (χ4v) is 4.38. The van der Waals surface area contributed by atoms with Crippen molar-refractivity contribution in [3.05, 3.63) is 29.6 Å². The Hall–Kier alpha value is -1.06. The first-order chi connectivity index (χ1) is 10.3. The summed E-state index contributed by atoms with van der Waals surface area (Å²) in [7, 11) is 0. The number of halogens is 1. The highest BCUT2D eigenvalue weighted by molar-refractivity contribution is 6.17. The molecule has 2 bridgehead atoms. The quantitative estimate of drug-likeness (QED) is 0.810. The van der Waals surface area contributed by atoms with Crippen molar-refractivity contribution in [1.82, 2.24) is 14.5 Å². The molecule has 0 saturated carbocycles. The molecule has 4 heteroatoms. The summed E-state index contributed by atoms with van der Waals surface area (Å²) in [5, 5.41) is 0. The van der Waals surface area contributed by atoms with E-state index in [2.05, 4.69) is 34.6 Å².